The summed E-state index contributed by atoms with van der Waals surface area (Å²) in [7, 11) is 0. The van der Waals surface area contributed by atoms with Gasteiger partial charge < -0.3 is 0 Å². The quantitative estimate of drug-likeness (QED) is 0.620. The minimum Gasteiger partial charge on any atom is -0.248 e. The van der Waals surface area contributed by atoms with Crippen molar-refractivity contribution in [1.29, 1.82) is 0 Å². The molecule has 0 unspecified atom stereocenters. The fraction of sp³-hybridized carbons (Fsp3) is 0.167. The van der Waals surface area contributed by atoms with E-state index in [-0.39, 0.29) is 0 Å². The third kappa shape index (κ3) is 1.01. The van der Waals surface area contributed by atoms with Crippen LogP contribution in [-0.2, 0) is 6.98 Å². The predicted octanol–water partition coefficient (Wildman–Crippen LogP) is 1.13. The molecule has 2 rings (SSSR count). The van der Waals surface area contributed by atoms with Crippen LogP contribution in [0.3, 0.4) is 0 Å². The average Bonchev–Trinajstić information content (AvgIpc) is 2.45. The fourth-order valence-corrected chi connectivity index (χ4v) is 1.12. The maximum Gasteiger partial charge on any atom is 0.131 e. The molecule has 5 heteroatoms. The van der Waals surface area contributed by atoms with Gasteiger partial charge in [-0.25, -0.2) is 9.67 Å². The molecule has 0 aliphatic carbocycles. The second-order valence-electron chi connectivity index (χ2n) is 2.00. The Bertz CT molecular complexity index is 477. The smallest absolute Gasteiger partial charge is 0.131 e. The van der Waals surface area contributed by atoms with Crippen molar-refractivity contribution in [3.05, 3.63) is 16.9 Å². The van der Waals surface area contributed by atoms with E-state index in [0.29, 0.717) is 15.6 Å². The molecule has 0 aliphatic heterocycles. The lowest BCUT2D eigenvalue weighted by Gasteiger charge is -1.90. The molecule has 2 aromatic heterocycles. The normalized spacial score (nSPS) is 15.9. The lowest BCUT2D eigenvalue weighted by Crippen LogP contribution is -1.89. The van der Waals surface area contributed by atoms with Crippen LogP contribution >= 0.6 is 15.9 Å². The Morgan fingerprint density at radius 3 is 3.45 bits per heavy atom. The van der Waals surface area contributed by atoms with Crippen molar-refractivity contribution >= 4 is 27.0 Å². The highest BCUT2D eigenvalue weighted by molar-refractivity contribution is 9.10. The third-order valence-corrected chi connectivity index (χ3v) is 1.73. The molecular weight excluding hydrogens is 208 g/mol. The van der Waals surface area contributed by atoms with Crippen molar-refractivity contribution in [3.63, 3.8) is 0 Å². The van der Waals surface area contributed by atoms with E-state index < -0.39 is 6.98 Å². The number of rotatable bonds is 0. The summed E-state index contributed by atoms with van der Waals surface area (Å²) in [4.78, 5) is 3.92. The van der Waals surface area contributed by atoms with E-state index in [2.05, 4.69) is 31.2 Å². The van der Waals surface area contributed by atoms with E-state index >= 15 is 0 Å². The molecule has 0 fully saturated rings. The fourth-order valence-electron chi connectivity index (χ4n) is 0.801. The molecular formula is C6H5BrN4. The molecule has 4 nitrogen and oxygen atoms in total. The number of fused-ring (bicyclic) bond motifs is 1. The van der Waals surface area contributed by atoms with Gasteiger partial charge >= 0.3 is 0 Å². The zero-order valence-electron chi connectivity index (χ0n) is 8.32. The Balaban J connectivity index is 2.73. The molecule has 2 aromatic rings. The summed E-state index contributed by atoms with van der Waals surface area (Å²) in [6.07, 6.45) is 1.47. The molecule has 0 aliphatic rings. The maximum atomic E-state index is 7.20. The summed E-state index contributed by atoms with van der Waals surface area (Å²) in [6, 6.07) is 1.57. The first-order chi connectivity index (χ1) is 6.48. The van der Waals surface area contributed by atoms with Gasteiger partial charge in [0.25, 0.3) is 0 Å². The number of aromatic nitrogens is 4. The van der Waals surface area contributed by atoms with Crippen molar-refractivity contribution in [3.8, 4) is 0 Å². The van der Waals surface area contributed by atoms with Gasteiger partial charge in [-0.1, -0.05) is 5.21 Å². The van der Waals surface area contributed by atoms with Crippen molar-refractivity contribution in [2.75, 3.05) is 0 Å². The van der Waals surface area contributed by atoms with Gasteiger partial charge in [0, 0.05) is 11.1 Å². The van der Waals surface area contributed by atoms with Crippen LogP contribution in [-0.4, -0.2) is 20.0 Å². The van der Waals surface area contributed by atoms with E-state index in [1.165, 1.54) is 6.20 Å². The molecule has 0 spiro atoms. The first-order valence-corrected chi connectivity index (χ1v) is 3.65. The molecule has 0 atom stereocenters. The van der Waals surface area contributed by atoms with Crippen LogP contribution in [0.1, 0.15) is 4.11 Å². The van der Waals surface area contributed by atoms with Crippen LogP contribution in [0.25, 0.3) is 11.0 Å². The SMILES string of the molecule is [2H]C([2H])([2H])n1nnc2cnc(Br)cc21. The van der Waals surface area contributed by atoms with Gasteiger partial charge in [0.15, 0.2) is 0 Å². The first kappa shape index (κ1) is 4.15. The van der Waals surface area contributed by atoms with Crippen LogP contribution in [0, 0.1) is 0 Å². The van der Waals surface area contributed by atoms with Crippen molar-refractivity contribution in [2.45, 2.75) is 0 Å². The van der Waals surface area contributed by atoms with Crippen LogP contribution in [0.15, 0.2) is 16.9 Å². The summed E-state index contributed by atoms with van der Waals surface area (Å²) in [5.41, 5.74) is 0.899. The maximum absolute atomic E-state index is 7.20. The van der Waals surface area contributed by atoms with E-state index in [9.17, 15) is 0 Å². The molecule has 56 valence electrons. The van der Waals surface area contributed by atoms with Crippen molar-refractivity contribution in [2.24, 2.45) is 6.98 Å². The minimum absolute atomic E-state index is 0.437. The predicted molar refractivity (Wildman–Crippen MR) is 44.0 cm³/mol. The van der Waals surface area contributed by atoms with Gasteiger partial charge in [0.1, 0.15) is 10.1 Å². The van der Waals surface area contributed by atoms with Crippen LogP contribution in [0.5, 0.6) is 0 Å². The van der Waals surface area contributed by atoms with E-state index in [1.807, 2.05) is 0 Å². The number of hydrogen-bond acceptors (Lipinski definition) is 3. The standard InChI is InChI=1S/C6H5BrN4/c1-11-5-2-6(7)8-3-4(5)9-10-11/h2-3H,1H3/i1D3. The molecule has 0 aromatic carbocycles. The lowest BCUT2D eigenvalue weighted by atomic mass is 10.4. The number of nitrogens with zero attached hydrogens (tertiary/aromatic N) is 4. The molecule has 0 bridgehead atoms. The van der Waals surface area contributed by atoms with Crippen LogP contribution in [0.2, 0.25) is 0 Å². The summed E-state index contributed by atoms with van der Waals surface area (Å²) >= 11 is 3.15. The molecule has 0 saturated carbocycles. The van der Waals surface area contributed by atoms with E-state index in [1.54, 1.807) is 6.07 Å². The summed E-state index contributed by atoms with van der Waals surface area (Å²) in [5, 5.41) is 7.25. The monoisotopic (exact) mass is 215 g/mol. The number of halogens is 1. The van der Waals surface area contributed by atoms with E-state index in [0.717, 1.165) is 4.68 Å². The zero-order chi connectivity index (χ0) is 10.3. The Kier molecular flexibility index (Phi) is 0.856. The Morgan fingerprint density at radius 1 is 1.73 bits per heavy atom. The average molecular weight is 216 g/mol. The molecule has 2 heterocycles. The highest BCUT2D eigenvalue weighted by Crippen LogP contribution is 2.13. The van der Waals surface area contributed by atoms with Gasteiger partial charge in [-0.2, -0.15) is 0 Å². The van der Waals surface area contributed by atoms with Crippen molar-refractivity contribution in [1.82, 2.24) is 20.0 Å². The summed E-state index contributed by atoms with van der Waals surface area (Å²) in [5.74, 6) is 0. The summed E-state index contributed by atoms with van der Waals surface area (Å²) < 4.78 is 23.1. The Labute approximate surface area is 75.6 Å². The topological polar surface area (TPSA) is 43.6 Å². The number of aryl methyl sites for hydroxylation is 1. The van der Waals surface area contributed by atoms with E-state index in [4.69, 9.17) is 4.11 Å². The van der Waals surface area contributed by atoms with Crippen molar-refractivity contribution < 1.29 is 4.11 Å². The van der Waals surface area contributed by atoms with Gasteiger partial charge in [0.2, 0.25) is 0 Å². The van der Waals surface area contributed by atoms with Gasteiger partial charge in [0.05, 0.1) is 11.7 Å². The van der Waals surface area contributed by atoms with Crippen LogP contribution in [0.4, 0.5) is 0 Å². The summed E-state index contributed by atoms with van der Waals surface area (Å²) in [6.45, 7) is -2.31. The Hall–Kier alpha value is -0.970. The van der Waals surface area contributed by atoms with Gasteiger partial charge in [-0.3, -0.25) is 0 Å². The zero-order valence-corrected chi connectivity index (χ0v) is 6.91. The number of hydrogen-bond donors (Lipinski definition) is 0. The second-order valence-corrected chi connectivity index (χ2v) is 2.81. The van der Waals surface area contributed by atoms with Gasteiger partial charge in [-0.05, 0) is 22.0 Å². The van der Waals surface area contributed by atoms with Gasteiger partial charge in [-0.15, -0.1) is 5.10 Å². The highest BCUT2D eigenvalue weighted by atomic mass is 79.9. The third-order valence-electron chi connectivity index (χ3n) is 1.30. The minimum atomic E-state index is -2.31. The number of pyridine rings is 1. The first-order valence-electron chi connectivity index (χ1n) is 4.36. The molecule has 0 radical (unpaired) electrons. The Morgan fingerprint density at radius 2 is 2.64 bits per heavy atom. The molecule has 0 saturated heterocycles. The second kappa shape index (κ2) is 2.27. The lowest BCUT2D eigenvalue weighted by molar-refractivity contribution is 0.736. The molecule has 0 N–H and O–H groups in total. The van der Waals surface area contributed by atoms with Crippen LogP contribution < -0.4 is 0 Å². The largest absolute Gasteiger partial charge is 0.248 e. The highest BCUT2D eigenvalue weighted by Gasteiger charge is 2.00. The molecule has 11 heavy (non-hydrogen) atoms. The molecule has 0 amide bonds.